The number of rotatable bonds is 2. The zero-order chi connectivity index (χ0) is 10.0. The number of aliphatic hydroxyl groups excluding tert-OH is 1. The average Bonchev–Trinajstić information content (AvgIpc) is 2.12. The van der Waals surface area contributed by atoms with Gasteiger partial charge in [0.25, 0.3) is 0 Å². The molecule has 0 fully saturated rings. The SMILES string of the molecule is O[C@@H](CCl)c1c(F)ccc(Cl)c1F. The number of aliphatic hydroxyl groups is 1. The summed E-state index contributed by atoms with van der Waals surface area (Å²) in [6.07, 6.45) is -1.37. The van der Waals surface area contributed by atoms with Crippen LogP contribution in [0.25, 0.3) is 0 Å². The van der Waals surface area contributed by atoms with Crippen LogP contribution >= 0.6 is 23.2 Å². The lowest BCUT2D eigenvalue weighted by Gasteiger charge is -2.10. The Kier molecular flexibility index (Phi) is 3.47. The van der Waals surface area contributed by atoms with Crippen LogP contribution in [0.15, 0.2) is 12.1 Å². The van der Waals surface area contributed by atoms with E-state index >= 15 is 0 Å². The number of hydrogen-bond donors (Lipinski definition) is 1. The molecule has 1 N–H and O–H groups in total. The summed E-state index contributed by atoms with van der Waals surface area (Å²) in [5.41, 5.74) is -0.484. The van der Waals surface area contributed by atoms with Crippen molar-refractivity contribution in [1.82, 2.24) is 0 Å². The quantitative estimate of drug-likeness (QED) is 0.608. The Hall–Kier alpha value is -0.380. The fourth-order valence-corrected chi connectivity index (χ4v) is 1.24. The molecule has 0 aliphatic rings. The molecule has 0 saturated heterocycles. The van der Waals surface area contributed by atoms with Crippen molar-refractivity contribution in [3.8, 4) is 0 Å². The predicted molar refractivity (Wildman–Crippen MR) is 47.0 cm³/mol. The lowest BCUT2D eigenvalue weighted by atomic mass is 10.1. The minimum absolute atomic E-state index is 0.236. The highest BCUT2D eigenvalue weighted by atomic mass is 35.5. The van der Waals surface area contributed by atoms with Gasteiger partial charge >= 0.3 is 0 Å². The summed E-state index contributed by atoms with van der Waals surface area (Å²) in [5.74, 6) is -2.10. The summed E-state index contributed by atoms with van der Waals surface area (Å²) in [5, 5.41) is 8.91. The van der Waals surface area contributed by atoms with Gasteiger partial charge in [-0.25, -0.2) is 8.78 Å². The third-order valence-electron chi connectivity index (χ3n) is 1.56. The van der Waals surface area contributed by atoms with E-state index in [1.54, 1.807) is 0 Å². The monoisotopic (exact) mass is 226 g/mol. The van der Waals surface area contributed by atoms with Crippen LogP contribution in [0.2, 0.25) is 5.02 Å². The highest BCUT2D eigenvalue weighted by Crippen LogP contribution is 2.26. The van der Waals surface area contributed by atoms with E-state index in [9.17, 15) is 8.78 Å². The zero-order valence-corrected chi connectivity index (χ0v) is 7.91. The largest absolute Gasteiger partial charge is 0.387 e. The van der Waals surface area contributed by atoms with E-state index in [2.05, 4.69) is 0 Å². The van der Waals surface area contributed by atoms with Crippen LogP contribution in [0, 0.1) is 11.6 Å². The first-order chi connectivity index (χ1) is 6.07. The van der Waals surface area contributed by atoms with Crippen molar-refractivity contribution in [3.63, 3.8) is 0 Å². The zero-order valence-electron chi connectivity index (χ0n) is 6.40. The first-order valence-electron chi connectivity index (χ1n) is 3.45. The van der Waals surface area contributed by atoms with Gasteiger partial charge in [-0.15, -0.1) is 11.6 Å². The van der Waals surface area contributed by atoms with Crippen molar-refractivity contribution in [1.29, 1.82) is 0 Å². The molecule has 0 saturated carbocycles. The molecular weight excluding hydrogens is 221 g/mol. The maximum atomic E-state index is 13.1. The number of halogens is 4. The van der Waals surface area contributed by atoms with Crippen molar-refractivity contribution in [2.75, 3.05) is 5.88 Å². The highest BCUT2D eigenvalue weighted by Gasteiger charge is 2.19. The summed E-state index contributed by atoms with van der Waals surface area (Å²) in [6.45, 7) is 0. The summed E-state index contributed by atoms with van der Waals surface area (Å²) < 4.78 is 26.1. The first kappa shape index (κ1) is 10.7. The lowest BCUT2D eigenvalue weighted by molar-refractivity contribution is 0.192. The van der Waals surface area contributed by atoms with E-state index in [-0.39, 0.29) is 10.9 Å². The molecule has 0 aromatic heterocycles. The fourth-order valence-electron chi connectivity index (χ4n) is 0.925. The van der Waals surface area contributed by atoms with E-state index in [0.717, 1.165) is 12.1 Å². The van der Waals surface area contributed by atoms with Gasteiger partial charge in [-0.05, 0) is 12.1 Å². The van der Waals surface area contributed by atoms with Gasteiger partial charge in [0.05, 0.1) is 22.6 Å². The molecule has 0 unspecified atom stereocenters. The van der Waals surface area contributed by atoms with Gasteiger partial charge in [-0.1, -0.05) is 11.6 Å². The second-order valence-electron chi connectivity index (χ2n) is 2.43. The summed E-state index contributed by atoms with van der Waals surface area (Å²) in [7, 11) is 0. The summed E-state index contributed by atoms with van der Waals surface area (Å²) in [4.78, 5) is 0. The van der Waals surface area contributed by atoms with E-state index in [1.165, 1.54) is 0 Å². The van der Waals surface area contributed by atoms with E-state index in [1.807, 2.05) is 0 Å². The standard InChI is InChI=1S/C8H6Cl2F2O/c9-3-6(13)7-5(11)2-1-4(10)8(7)12/h1-2,6,13H,3H2/t6-/m0/s1. The first-order valence-corrected chi connectivity index (χ1v) is 4.36. The Bertz CT molecular complexity index is 317. The molecule has 1 aromatic rings. The Morgan fingerprint density at radius 1 is 1.38 bits per heavy atom. The maximum Gasteiger partial charge on any atom is 0.150 e. The third kappa shape index (κ3) is 2.10. The van der Waals surface area contributed by atoms with Crippen molar-refractivity contribution in [3.05, 3.63) is 34.4 Å². The normalized spacial score (nSPS) is 13.0. The molecule has 1 rings (SSSR count). The molecular formula is C8H6Cl2F2O. The molecule has 1 nitrogen and oxygen atoms in total. The third-order valence-corrected chi connectivity index (χ3v) is 2.14. The molecule has 0 radical (unpaired) electrons. The topological polar surface area (TPSA) is 20.2 Å². The predicted octanol–water partition coefficient (Wildman–Crippen LogP) is 2.89. The van der Waals surface area contributed by atoms with Crippen LogP contribution < -0.4 is 0 Å². The Morgan fingerprint density at radius 2 is 2.00 bits per heavy atom. The van der Waals surface area contributed by atoms with Gasteiger partial charge in [0, 0.05) is 0 Å². The number of benzene rings is 1. The molecule has 1 aromatic carbocycles. The molecule has 0 bridgehead atoms. The molecule has 0 aliphatic carbocycles. The van der Waals surface area contributed by atoms with Crippen LogP contribution in [-0.4, -0.2) is 11.0 Å². The van der Waals surface area contributed by atoms with Crippen molar-refractivity contribution < 1.29 is 13.9 Å². The van der Waals surface area contributed by atoms with Crippen molar-refractivity contribution >= 4 is 23.2 Å². The molecule has 0 aliphatic heterocycles. The molecule has 1 atom stereocenters. The van der Waals surface area contributed by atoms with Crippen LogP contribution in [0.4, 0.5) is 8.78 Å². The molecule has 72 valence electrons. The lowest BCUT2D eigenvalue weighted by Crippen LogP contribution is -2.05. The van der Waals surface area contributed by atoms with Crippen LogP contribution in [0.3, 0.4) is 0 Å². The van der Waals surface area contributed by atoms with E-state index in [0.29, 0.717) is 0 Å². The van der Waals surface area contributed by atoms with Gasteiger partial charge in [0.15, 0.2) is 5.82 Å². The van der Waals surface area contributed by atoms with Gasteiger partial charge in [-0.2, -0.15) is 0 Å². The summed E-state index contributed by atoms with van der Waals surface area (Å²) in [6, 6.07) is 2.06. The van der Waals surface area contributed by atoms with Crippen LogP contribution in [-0.2, 0) is 0 Å². The molecule has 0 heterocycles. The highest BCUT2D eigenvalue weighted by molar-refractivity contribution is 6.30. The minimum atomic E-state index is -1.37. The Balaban J connectivity index is 3.25. The van der Waals surface area contributed by atoms with Crippen molar-refractivity contribution in [2.24, 2.45) is 0 Å². The van der Waals surface area contributed by atoms with Gasteiger partial charge in [-0.3, -0.25) is 0 Å². The van der Waals surface area contributed by atoms with Crippen molar-refractivity contribution in [2.45, 2.75) is 6.10 Å². The Morgan fingerprint density at radius 3 is 2.54 bits per heavy atom. The number of hydrogen-bond acceptors (Lipinski definition) is 1. The second-order valence-corrected chi connectivity index (χ2v) is 3.14. The van der Waals surface area contributed by atoms with E-state index < -0.39 is 23.3 Å². The average molecular weight is 227 g/mol. The van der Waals surface area contributed by atoms with E-state index in [4.69, 9.17) is 28.3 Å². The molecule has 13 heavy (non-hydrogen) atoms. The molecule has 0 spiro atoms. The Labute approximate surface area is 83.9 Å². The smallest absolute Gasteiger partial charge is 0.150 e. The molecule has 0 amide bonds. The fraction of sp³-hybridized carbons (Fsp3) is 0.250. The van der Waals surface area contributed by atoms with Crippen LogP contribution in [0.1, 0.15) is 11.7 Å². The maximum absolute atomic E-state index is 13.1. The second kappa shape index (κ2) is 4.22. The van der Waals surface area contributed by atoms with Gasteiger partial charge in [0.1, 0.15) is 5.82 Å². The van der Waals surface area contributed by atoms with Crippen LogP contribution in [0.5, 0.6) is 0 Å². The minimum Gasteiger partial charge on any atom is -0.387 e. The number of alkyl halides is 1. The molecule has 5 heteroatoms. The van der Waals surface area contributed by atoms with Gasteiger partial charge in [0.2, 0.25) is 0 Å². The summed E-state index contributed by atoms with van der Waals surface area (Å²) >= 11 is 10.6. The van der Waals surface area contributed by atoms with Gasteiger partial charge < -0.3 is 5.11 Å².